The molecular weight excluding hydrogens is 312 g/mol. The van der Waals surface area contributed by atoms with E-state index in [2.05, 4.69) is 16.5 Å². The first-order valence-corrected chi connectivity index (χ1v) is 8.96. The quantitative estimate of drug-likeness (QED) is 0.715. The van der Waals surface area contributed by atoms with Gasteiger partial charge >= 0.3 is 5.97 Å². The Bertz CT molecular complexity index is 922. The van der Waals surface area contributed by atoms with Gasteiger partial charge in [0.1, 0.15) is 0 Å². The van der Waals surface area contributed by atoms with Crippen LogP contribution in [0.25, 0.3) is 22.3 Å². The Morgan fingerprint density at radius 1 is 1.16 bits per heavy atom. The summed E-state index contributed by atoms with van der Waals surface area (Å²) < 4.78 is 2.41. The van der Waals surface area contributed by atoms with Crippen LogP contribution in [0.4, 0.5) is 0 Å². The highest BCUT2D eigenvalue weighted by Gasteiger charge is 2.24. The number of benzene rings is 1. The summed E-state index contributed by atoms with van der Waals surface area (Å²) in [5.74, 6) is -0.883. The van der Waals surface area contributed by atoms with Crippen molar-refractivity contribution in [2.45, 2.75) is 45.1 Å². The number of hydrogen-bond acceptors (Lipinski definition) is 2. The molecule has 1 fully saturated rings. The van der Waals surface area contributed by atoms with Crippen molar-refractivity contribution >= 4 is 16.9 Å². The lowest BCUT2D eigenvalue weighted by Gasteiger charge is -2.26. The highest BCUT2D eigenvalue weighted by molar-refractivity contribution is 5.97. The summed E-state index contributed by atoms with van der Waals surface area (Å²) in [6.07, 6.45) is 7.96. The molecule has 0 aliphatic heterocycles. The minimum atomic E-state index is -0.883. The smallest absolute Gasteiger partial charge is 0.335 e. The first-order chi connectivity index (χ1) is 12.2. The van der Waals surface area contributed by atoms with Crippen molar-refractivity contribution in [2.75, 3.05) is 0 Å². The van der Waals surface area contributed by atoms with Gasteiger partial charge in [-0.05, 0) is 55.7 Å². The maximum atomic E-state index is 11.4. The van der Waals surface area contributed by atoms with Gasteiger partial charge in [-0.3, -0.25) is 4.98 Å². The Morgan fingerprint density at radius 2 is 1.96 bits per heavy atom. The largest absolute Gasteiger partial charge is 0.478 e. The van der Waals surface area contributed by atoms with Crippen LogP contribution in [0.1, 0.15) is 54.1 Å². The van der Waals surface area contributed by atoms with Crippen LogP contribution in [0.15, 0.2) is 42.6 Å². The molecule has 0 saturated heterocycles. The SMILES string of the molecule is Cc1c(-c2ccccn2)n(C2CCCCC2)c2ccc(C(=O)O)cc12. The molecule has 2 heterocycles. The van der Waals surface area contributed by atoms with Gasteiger partial charge in [0.05, 0.1) is 17.0 Å². The first-order valence-electron chi connectivity index (χ1n) is 8.96. The Kier molecular flexibility index (Phi) is 4.04. The molecule has 0 atom stereocenters. The van der Waals surface area contributed by atoms with Gasteiger partial charge in [0, 0.05) is 23.1 Å². The molecule has 0 radical (unpaired) electrons. The fourth-order valence-electron chi connectivity index (χ4n) is 4.15. The fraction of sp³-hybridized carbons (Fsp3) is 0.333. The zero-order valence-electron chi connectivity index (χ0n) is 14.4. The number of carboxylic acid groups (broad SMARTS) is 1. The minimum absolute atomic E-state index is 0.337. The normalized spacial score (nSPS) is 15.6. The highest BCUT2D eigenvalue weighted by atomic mass is 16.4. The summed E-state index contributed by atoms with van der Waals surface area (Å²) >= 11 is 0. The number of carboxylic acids is 1. The summed E-state index contributed by atoms with van der Waals surface area (Å²) in [7, 11) is 0. The second-order valence-electron chi connectivity index (χ2n) is 6.89. The monoisotopic (exact) mass is 334 g/mol. The van der Waals surface area contributed by atoms with E-state index in [0.29, 0.717) is 11.6 Å². The van der Waals surface area contributed by atoms with E-state index in [1.807, 2.05) is 30.5 Å². The zero-order chi connectivity index (χ0) is 17.4. The van der Waals surface area contributed by atoms with Crippen LogP contribution < -0.4 is 0 Å². The molecule has 1 saturated carbocycles. The lowest BCUT2D eigenvalue weighted by atomic mass is 9.95. The number of nitrogens with zero attached hydrogens (tertiary/aromatic N) is 2. The molecule has 0 unspecified atom stereocenters. The summed E-state index contributed by atoms with van der Waals surface area (Å²) in [6, 6.07) is 11.9. The molecule has 25 heavy (non-hydrogen) atoms. The number of fused-ring (bicyclic) bond motifs is 1. The summed E-state index contributed by atoms with van der Waals surface area (Å²) in [6.45, 7) is 2.08. The summed E-state index contributed by atoms with van der Waals surface area (Å²) in [5.41, 5.74) is 4.66. The van der Waals surface area contributed by atoms with Crippen molar-refractivity contribution in [1.29, 1.82) is 0 Å². The van der Waals surface area contributed by atoms with Crippen molar-refractivity contribution < 1.29 is 9.90 Å². The summed E-state index contributed by atoms with van der Waals surface area (Å²) in [5, 5.41) is 10.4. The van der Waals surface area contributed by atoms with Gasteiger partial charge in [0.25, 0.3) is 0 Å². The maximum absolute atomic E-state index is 11.4. The maximum Gasteiger partial charge on any atom is 0.335 e. The second kappa shape index (κ2) is 6.36. The van der Waals surface area contributed by atoms with Crippen molar-refractivity contribution in [3.63, 3.8) is 0 Å². The zero-order valence-corrected chi connectivity index (χ0v) is 14.4. The number of carbonyl (C=O) groups is 1. The Morgan fingerprint density at radius 3 is 2.64 bits per heavy atom. The Hall–Kier alpha value is -2.62. The molecule has 1 aromatic carbocycles. The van der Waals surface area contributed by atoms with E-state index in [9.17, 15) is 9.90 Å². The summed E-state index contributed by atoms with van der Waals surface area (Å²) in [4.78, 5) is 16.0. The van der Waals surface area contributed by atoms with E-state index in [1.54, 1.807) is 12.1 Å². The molecule has 1 aliphatic carbocycles. The van der Waals surface area contributed by atoms with Crippen LogP contribution in [-0.2, 0) is 0 Å². The fourth-order valence-corrected chi connectivity index (χ4v) is 4.15. The van der Waals surface area contributed by atoms with Gasteiger partial charge in [0.15, 0.2) is 0 Å². The van der Waals surface area contributed by atoms with Crippen LogP contribution in [-0.4, -0.2) is 20.6 Å². The molecule has 0 amide bonds. The third-order valence-electron chi connectivity index (χ3n) is 5.35. The van der Waals surface area contributed by atoms with E-state index < -0.39 is 5.97 Å². The molecule has 2 aromatic heterocycles. The number of aryl methyl sites for hydroxylation is 1. The molecule has 4 nitrogen and oxygen atoms in total. The predicted molar refractivity (Wildman–Crippen MR) is 99.0 cm³/mol. The van der Waals surface area contributed by atoms with Gasteiger partial charge < -0.3 is 9.67 Å². The molecule has 4 heteroatoms. The van der Waals surface area contributed by atoms with Crippen molar-refractivity contribution in [2.24, 2.45) is 0 Å². The lowest BCUT2D eigenvalue weighted by Crippen LogP contribution is -2.14. The minimum Gasteiger partial charge on any atom is -0.478 e. The van der Waals surface area contributed by atoms with Crippen LogP contribution in [0.2, 0.25) is 0 Å². The van der Waals surface area contributed by atoms with Crippen LogP contribution in [0.3, 0.4) is 0 Å². The number of aromatic nitrogens is 2. The lowest BCUT2D eigenvalue weighted by molar-refractivity contribution is 0.0697. The molecule has 1 N–H and O–H groups in total. The second-order valence-corrected chi connectivity index (χ2v) is 6.89. The Labute approximate surface area is 147 Å². The van der Waals surface area contributed by atoms with Crippen LogP contribution in [0, 0.1) is 6.92 Å². The standard InChI is InChI=1S/C21H22N2O2/c1-14-17-13-15(21(24)25)10-11-19(17)23(16-7-3-2-4-8-16)20(14)18-9-5-6-12-22-18/h5-6,9-13,16H,2-4,7-8H2,1H3,(H,24,25). The van der Waals surface area contributed by atoms with Gasteiger partial charge in [0.2, 0.25) is 0 Å². The van der Waals surface area contributed by atoms with E-state index in [4.69, 9.17) is 0 Å². The van der Waals surface area contributed by atoms with Gasteiger partial charge in [-0.15, -0.1) is 0 Å². The van der Waals surface area contributed by atoms with Gasteiger partial charge in [-0.25, -0.2) is 4.79 Å². The van der Waals surface area contributed by atoms with E-state index >= 15 is 0 Å². The van der Waals surface area contributed by atoms with Gasteiger partial charge in [-0.2, -0.15) is 0 Å². The number of rotatable bonds is 3. The highest BCUT2D eigenvalue weighted by Crippen LogP contribution is 2.40. The number of aromatic carboxylic acids is 1. The third-order valence-corrected chi connectivity index (χ3v) is 5.35. The van der Waals surface area contributed by atoms with Gasteiger partial charge in [-0.1, -0.05) is 25.3 Å². The molecule has 4 rings (SSSR count). The number of pyridine rings is 1. The molecular formula is C21H22N2O2. The predicted octanol–water partition coefficient (Wildman–Crippen LogP) is 5.22. The Balaban J connectivity index is 2.00. The van der Waals surface area contributed by atoms with E-state index in [1.165, 1.54) is 32.1 Å². The molecule has 0 bridgehead atoms. The first kappa shape index (κ1) is 15.9. The molecule has 0 spiro atoms. The third kappa shape index (κ3) is 2.72. The van der Waals surface area contributed by atoms with Crippen LogP contribution in [0.5, 0.6) is 0 Å². The van der Waals surface area contributed by atoms with Crippen molar-refractivity contribution in [3.05, 3.63) is 53.7 Å². The molecule has 128 valence electrons. The van der Waals surface area contributed by atoms with E-state index in [-0.39, 0.29) is 0 Å². The molecule has 1 aliphatic rings. The average molecular weight is 334 g/mol. The molecule has 3 aromatic rings. The topological polar surface area (TPSA) is 55.1 Å². The van der Waals surface area contributed by atoms with Crippen molar-refractivity contribution in [3.8, 4) is 11.4 Å². The van der Waals surface area contributed by atoms with Crippen LogP contribution >= 0.6 is 0 Å². The average Bonchev–Trinajstić information content (AvgIpc) is 2.95. The van der Waals surface area contributed by atoms with Crippen molar-refractivity contribution in [1.82, 2.24) is 9.55 Å². The van der Waals surface area contributed by atoms with E-state index in [0.717, 1.165) is 27.9 Å². The number of hydrogen-bond donors (Lipinski definition) is 1.